The minimum absolute atomic E-state index is 0.729. The summed E-state index contributed by atoms with van der Waals surface area (Å²) in [7, 11) is 0. The molecule has 4 heterocycles. The van der Waals surface area contributed by atoms with Gasteiger partial charge in [0.25, 0.3) is 0 Å². The predicted octanol–water partition coefficient (Wildman–Crippen LogP) is 18.4. The second-order valence-corrected chi connectivity index (χ2v) is 21.1. The normalized spacial score (nSPS) is 13.3. The molecule has 0 saturated carbocycles. The summed E-state index contributed by atoms with van der Waals surface area (Å²) < 4.78 is 9.94. The molecule has 2 aliphatic carbocycles. The van der Waals surface area contributed by atoms with E-state index in [1.807, 2.05) is 0 Å². The molecule has 0 amide bonds. The summed E-state index contributed by atoms with van der Waals surface area (Å²) in [5, 5.41) is 10.0. The van der Waals surface area contributed by atoms with Gasteiger partial charge in [-0.3, -0.25) is 0 Å². The summed E-state index contributed by atoms with van der Waals surface area (Å²) in [6.07, 6.45) is 0. The zero-order valence-electron chi connectivity index (χ0n) is 41.7. The Bertz CT molecular complexity index is 4870. The van der Waals surface area contributed by atoms with Crippen LogP contribution in [0.4, 0.5) is 0 Å². The number of rotatable bonds is 4. The molecule has 12 aromatic carbocycles. The molecule has 0 radical (unpaired) electrons. The van der Waals surface area contributed by atoms with E-state index < -0.39 is 5.41 Å². The monoisotopic (exact) mass is 976 g/mol. The third-order valence-electron chi connectivity index (χ3n) is 17.6. The topological polar surface area (TPSA) is 19.7 Å². The lowest BCUT2D eigenvalue weighted by Crippen LogP contribution is -2.26. The molecule has 4 nitrogen and oxygen atoms in total. The smallest absolute Gasteiger partial charge is 0.0727 e. The second kappa shape index (κ2) is 15.0. The molecule has 0 N–H and O–H groups in total. The average Bonchev–Trinajstić information content (AvgIpc) is 3.71. The van der Waals surface area contributed by atoms with E-state index in [2.05, 4.69) is 285 Å². The number of para-hydroxylation sites is 8. The molecule has 4 heteroatoms. The second-order valence-electron chi connectivity index (χ2n) is 21.1. The van der Waals surface area contributed by atoms with Crippen molar-refractivity contribution in [2.75, 3.05) is 0 Å². The highest BCUT2D eigenvalue weighted by molar-refractivity contribution is 6.13. The molecular weight excluding hydrogens is 933 g/mol. The number of aromatic nitrogens is 4. The largest absolute Gasteiger partial charge is 0.309 e. The van der Waals surface area contributed by atoms with Gasteiger partial charge in [-0.2, -0.15) is 0 Å². The lowest BCUT2D eigenvalue weighted by molar-refractivity contribution is 0.790. The molecule has 0 aliphatic heterocycles. The van der Waals surface area contributed by atoms with E-state index in [-0.39, 0.29) is 0 Å². The Morgan fingerprint density at radius 3 is 0.675 bits per heavy atom. The van der Waals surface area contributed by atoms with Gasteiger partial charge in [-0.25, -0.2) is 0 Å². The predicted molar refractivity (Wildman–Crippen MR) is 320 cm³/mol. The van der Waals surface area contributed by atoms with Crippen LogP contribution in [0.15, 0.2) is 267 Å². The van der Waals surface area contributed by atoms with Crippen LogP contribution in [0.25, 0.3) is 132 Å². The van der Waals surface area contributed by atoms with E-state index in [1.54, 1.807) is 0 Å². The van der Waals surface area contributed by atoms with Crippen LogP contribution in [-0.4, -0.2) is 18.3 Å². The highest BCUT2D eigenvalue weighted by atomic mass is 15.0. The first-order valence-corrected chi connectivity index (χ1v) is 26.8. The summed E-state index contributed by atoms with van der Waals surface area (Å²) in [5.41, 5.74) is 23.6. The van der Waals surface area contributed by atoms with E-state index in [0.29, 0.717) is 0 Å². The third-order valence-corrected chi connectivity index (χ3v) is 17.6. The quantitative estimate of drug-likeness (QED) is 0.167. The highest BCUT2D eigenvalue weighted by Gasteiger charge is 2.52. The van der Waals surface area contributed by atoms with Crippen molar-refractivity contribution in [3.63, 3.8) is 0 Å². The number of hydrogen-bond acceptors (Lipinski definition) is 0. The molecule has 0 atom stereocenters. The van der Waals surface area contributed by atoms with E-state index >= 15 is 0 Å². The van der Waals surface area contributed by atoms with Crippen molar-refractivity contribution in [1.82, 2.24) is 18.3 Å². The Labute approximate surface area is 442 Å². The molecule has 0 fully saturated rings. The first-order chi connectivity index (χ1) is 38.2. The fraction of sp³-hybridized carbons (Fsp3) is 0.0137. The summed E-state index contributed by atoms with van der Waals surface area (Å²) in [4.78, 5) is 0. The molecule has 77 heavy (non-hydrogen) atoms. The zero-order chi connectivity index (χ0) is 50.1. The van der Waals surface area contributed by atoms with Crippen LogP contribution < -0.4 is 0 Å². The molecule has 0 saturated heterocycles. The molecule has 2 aliphatic rings. The summed E-state index contributed by atoms with van der Waals surface area (Å²) in [6.45, 7) is 0. The molecule has 16 aromatic rings. The van der Waals surface area contributed by atoms with Crippen LogP contribution >= 0.6 is 0 Å². The fourth-order valence-electron chi connectivity index (χ4n) is 14.5. The Morgan fingerprint density at radius 2 is 0.403 bits per heavy atom. The van der Waals surface area contributed by atoms with E-state index in [1.165, 1.54) is 132 Å². The van der Waals surface area contributed by atoms with Gasteiger partial charge in [0.2, 0.25) is 0 Å². The maximum Gasteiger partial charge on any atom is 0.0727 e. The minimum Gasteiger partial charge on any atom is -0.309 e. The average molecular weight is 977 g/mol. The van der Waals surface area contributed by atoms with Crippen LogP contribution in [0.3, 0.4) is 0 Å². The van der Waals surface area contributed by atoms with E-state index in [9.17, 15) is 0 Å². The van der Waals surface area contributed by atoms with Gasteiger partial charge in [-0.05, 0) is 142 Å². The number of hydrogen-bond donors (Lipinski definition) is 0. The Hall–Kier alpha value is -10.2. The number of nitrogens with zero attached hydrogens (tertiary/aromatic N) is 4. The third kappa shape index (κ3) is 5.26. The van der Waals surface area contributed by atoms with Crippen molar-refractivity contribution in [2.45, 2.75) is 5.41 Å². The van der Waals surface area contributed by atoms with Crippen LogP contribution in [0, 0.1) is 0 Å². The fourth-order valence-corrected chi connectivity index (χ4v) is 14.5. The molecule has 356 valence electrons. The van der Waals surface area contributed by atoms with Crippen molar-refractivity contribution in [3.8, 4) is 45.0 Å². The first-order valence-electron chi connectivity index (χ1n) is 26.8. The molecule has 1 spiro atoms. The van der Waals surface area contributed by atoms with Gasteiger partial charge in [0, 0.05) is 65.8 Å². The summed E-state index contributed by atoms with van der Waals surface area (Å²) >= 11 is 0. The van der Waals surface area contributed by atoms with E-state index in [4.69, 9.17) is 0 Å². The van der Waals surface area contributed by atoms with Gasteiger partial charge in [0.15, 0.2) is 0 Å². The van der Waals surface area contributed by atoms with E-state index in [0.717, 1.165) is 22.7 Å². The maximum absolute atomic E-state index is 2.55. The van der Waals surface area contributed by atoms with Crippen molar-refractivity contribution in [3.05, 3.63) is 289 Å². The Balaban J connectivity index is 0.987. The molecule has 18 rings (SSSR count). The van der Waals surface area contributed by atoms with Crippen LogP contribution in [0.1, 0.15) is 22.3 Å². The van der Waals surface area contributed by atoms with Gasteiger partial charge in [-0.1, -0.05) is 170 Å². The lowest BCUT2D eigenvalue weighted by atomic mass is 9.70. The minimum atomic E-state index is -0.729. The Kier molecular flexibility index (Phi) is 8.03. The van der Waals surface area contributed by atoms with Crippen LogP contribution in [0.2, 0.25) is 0 Å². The van der Waals surface area contributed by atoms with Crippen LogP contribution in [-0.2, 0) is 5.41 Å². The van der Waals surface area contributed by atoms with Gasteiger partial charge < -0.3 is 18.3 Å². The Morgan fingerprint density at radius 1 is 0.182 bits per heavy atom. The van der Waals surface area contributed by atoms with Crippen LogP contribution in [0.5, 0.6) is 0 Å². The van der Waals surface area contributed by atoms with Crippen molar-refractivity contribution in [2.24, 2.45) is 0 Å². The first kappa shape index (κ1) is 41.2. The van der Waals surface area contributed by atoms with Crippen molar-refractivity contribution >= 4 is 87.2 Å². The van der Waals surface area contributed by atoms with Crippen molar-refractivity contribution in [1.29, 1.82) is 0 Å². The maximum atomic E-state index is 2.55. The molecular formula is C73H44N4. The standard InChI is InChI=1S/C73H44N4/c1-9-25-65-52(17-1)53-18-2-10-26-66(53)74(65)45-36-40-61-60(41-45)51-39-35-48(77-71-31-15-7-23-58(71)59-24-8-16-32-72(59)77)44-64(51)73(61)62-42-46(75-67-27-11-3-19-54(67)55-20-4-12-28-68(55)75)33-37-49(62)50-38-34-47(43-63(50)73)76-69-29-13-5-21-56(69)57-22-6-14-30-70(57)76/h1-44H. The van der Waals surface area contributed by atoms with Crippen molar-refractivity contribution < 1.29 is 0 Å². The van der Waals surface area contributed by atoms with Gasteiger partial charge in [0.05, 0.1) is 49.5 Å². The summed E-state index contributed by atoms with van der Waals surface area (Å²) in [5.74, 6) is 0. The molecule has 0 unspecified atom stereocenters. The van der Waals surface area contributed by atoms with Gasteiger partial charge in [-0.15, -0.1) is 0 Å². The SMILES string of the molecule is c1ccc2c(c1)c1ccccc1n2-c1ccc2c(c1)-c1ccc(-n3c4ccccc4c4ccccc43)cc1C21c2cc(-n3c4ccccc4c4ccccc43)ccc2-c2ccc(-n3c4ccccc4c4ccccc43)cc21. The number of benzene rings is 12. The van der Waals surface area contributed by atoms with Gasteiger partial charge in [0.1, 0.15) is 0 Å². The summed E-state index contributed by atoms with van der Waals surface area (Å²) in [6, 6.07) is 100. The number of fused-ring (bicyclic) bond motifs is 22. The zero-order valence-corrected chi connectivity index (χ0v) is 41.7. The molecule has 0 bridgehead atoms. The lowest BCUT2D eigenvalue weighted by Gasteiger charge is -2.32. The van der Waals surface area contributed by atoms with Gasteiger partial charge >= 0.3 is 0 Å². The highest BCUT2D eigenvalue weighted by Crippen LogP contribution is 2.64. The molecule has 4 aromatic heterocycles.